The first-order chi connectivity index (χ1) is 8.70. The maximum absolute atomic E-state index is 11.8. The first-order valence-corrected chi connectivity index (χ1v) is 6.67. The van der Waals surface area contributed by atoms with Gasteiger partial charge in [0.2, 0.25) is 5.91 Å². The second-order valence-corrected chi connectivity index (χ2v) is 4.83. The van der Waals surface area contributed by atoms with Crippen LogP contribution in [0, 0.1) is 0 Å². The average Bonchev–Trinajstić information content (AvgIpc) is 2.87. The summed E-state index contributed by atoms with van der Waals surface area (Å²) in [6.45, 7) is 2.68. The minimum Gasteiger partial charge on any atom is -0.346 e. The largest absolute Gasteiger partial charge is 0.346 e. The molecule has 5 heteroatoms. The van der Waals surface area contributed by atoms with Crippen molar-refractivity contribution in [2.24, 2.45) is 0 Å². The fraction of sp³-hybridized carbons (Fsp3) is 0.308. The number of nitrogens with zero attached hydrogens (tertiary/aromatic N) is 3. The van der Waals surface area contributed by atoms with Gasteiger partial charge in [-0.05, 0) is 19.1 Å². The number of pyridine rings is 1. The van der Waals surface area contributed by atoms with Gasteiger partial charge in [0, 0.05) is 36.9 Å². The standard InChI is InChI=1S/C13H15N3OS/c1-3-16(2)12(17)7-11-9-18-13(15-11)10-5-4-6-14-8-10/h4-6,8-9H,3,7H2,1-2H3. The molecule has 0 aliphatic rings. The van der Waals surface area contributed by atoms with Crippen LogP contribution in [0.25, 0.3) is 10.6 Å². The van der Waals surface area contributed by atoms with Crippen molar-refractivity contribution in [1.29, 1.82) is 0 Å². The molecule has 0 saturated heterocycles. The van der Waals surface area contributed by atoms with Crippen LogP contribution in [0.2, 0.25) is 0 Å². The highest BCUT2D eigenvalue weighted by Crippen LogP contribution is 2.22. The lowest BCUT2D eigenvalue weighted by atomic mass is 10.3. The fourth-order valence-corrected chi connectivity index (χ4v) is 2.29. The van der Waals surface area contributed by atoms with E-state index in [0.717, 1.165) is 22.8 Å². The molecule has 2 aromatic heterocycles. The summed E-state index contributed by atoms with van der Waals surface area (Å²) in [6.07, 6.45) is 3.88. The van der Waals surface area contributed by atoms with Gasteiger partial charge < -0.3 is 4.90 Å². The summed E-state index contributed by atoms with van der Waals surface area (Å²) < 4.78 is 0. The van der Waals surface area contributed by atoms with E-state index in [1.165, 1.54) is 0 Å². The Kier molecular flexibility index (Phi) is 4.04. The Morgan fingerprint density at radius 2 is 2.33 bits per heavy atom. The molecule has 94 valence electrons. The van der Waals surface area contributed by atoms with Crippen LogP contribution in [0.1, 0.15) is 12.6 Å². The number of hydrogen-bond donors (Lipinski definition) is 0. The van der Waals surface area contributed by atoms with E-state index in [9.17, 15) is 4.79 Å². The molecule has 2 rings (SSSR count). The second-order valence-electron chi connectivity index (χ2n) is 3.97. The number of hydrogen-bond acceptors (Lipinski definition) is 4. The third kappa shape index (κ3) is 2.92. The molecule has 0 saturated carbocycles. The highest BCUT2D eigenvalue weighted by Gasteiger charge is 2.11. The number of thiazole rings is 1. The smallest absolute Gasteiger partial charge is 0.228 e. The lowest BCUT2D eigenvalue weighted by molar-refractivity contribution is -0.129. The molecule has 1 amide bonds. The van der Waals surface area contributed by atoms with Gasteiger partial charge in [0.05, 0.1) is 12.1 Å². The Labute approximate surface area is 110 Å². The van der Waals surface area contributed by atoms with E-state index < -0.39 is 0 Å². The zero-order valence-electron chi connectivity index (χ0n) is 10.5. The third-order valence-electron chi connectivity index (χ3n) is 2.69. The van der Waals surface area contributed by atoms with E-state index in [0.29, 0.717) is 6.42 Å². The Morgan fingerprint density at radius 1 is 1.50 bits per heavy atom. The summed E-state index contributed by atoms with van der Waals surface area (Å²) in [5, 5.41) is 2.84. The SMILES string of the molecule is CCN(C)C(=O)Cc1csc(-c2cccnc2)n1. The molecule has 0 unspecified atom stereocenters. The summed E-state index contributed by atoms with van der Waals surface area (Å²) >= 11 is 1.54. The molecule has 4 nitrogen and oxygen atoms in total. The number of carbonyl (C=O) groups is 1. The summed E-state index contributed by atoms with van der Waals surface area (Å²) in [4.78, 5) is 22.0. The summed E-state index contributed by atoms with van der Waals surface area (Å²) in [5.74, 6) is 0.0977. The van der Waals surface area contributed by atoms with Crippen LogP contribution in [-0.4, -0.2) is 34.4 Å². The minimum atomic E-state index is 0.0977. The molecule has 0 N–H and O–H groups in total. The molecular weight excluding hydrogens is 246 g/mol. The summed E-state index contributed by atoms with van der Waals surface area (Å²) in [6, 6.07) is 3.85. The van der Waals surface area contributed by atoms with E-state index >= 15 is 0 Å². The number of likely N-dealkylation sites (N-methyl/N-ethyl adjacent to an activating group) is 1. The molecular formula is C13H15N3OS. The van der Waals surface area contributed by atoms with Gasteiger partial charge in [-0.2, -0.15) is 0 Å². The maximum atomic E-state index is 11.8. The first-order valence-electron chi connectivity index (χ1n) is 5.79. The minimum absolute atomic E-state index is 0.0977. The van der Waals surface area contributed by atoms with E-state index in [2.05, 4.69) is 9.97 Å². The topological polar surface area (TPSA) is 46.1 Å². The number of amides is 1. The average molecular weight is 261 g/mol. The van der Waals surface area contributed by atoms with Crippen LogP contribution in [0.5, 0.6) is 0 Å². The van der Waals surface area contributed by atoms with Crippen LogP contribution in [0.15, 0.2) is 29.9 Å². The lowest BCUT2D eigenvalue weighted by Crippen LogP contribution is -2.27. The van der Waals surface area contributed by atoms with Crippen LogP contribution < -0.4 is 0 Å². The van der Waals surface area contributed by atoms with E-state index in [4.69, 9.17) is 0 Å². The lowest BCUT2D eigenvalue weighted by Gasteiger charge is -2.12. The van der Waals surface area contributed by atoms with Gasteiger partial charge in [-0.3, -0.25) is 9.78 Å². The molecule has 0 aliphatic heterocycles. The van der Waals surface area contributed by atoms with Crippen LogP contribution in [0.3, 0.4) is 0 Å². The third-order valence-corrected chi connectivity index (χ3v) is 3.63. The van der Waals surface area contributed by atoms with Gasteiger partial charge in [-0.15, -0.1) is 11.3 Å². The molecule has 0 bridgehead atoms. The van der Waals surface area contributed by atoms with Crippen molar-refractivity contribution in [3.63, 3.8) is 0 Å². The van der Waals surface area contributed by atoms with Gasteiger partial charge in [-0.25, -0.2) is 4.98 Å². The van der Waals surface area contributed by atoms with Crippen molar-refractivity contribution < 1.29 is 4.79 Å². The van der Waals surface area contributed by atoms with Crippen molar-refractivity contribution >= 4 is 17.2 Å². The quantitative estimate of drug-likeness (QED) is 0.848. The highest BCUT2D eigenvalue weighted by molar-refractivity contribution is 7.13. The van der Waals surface area contributed by atoms with Crippen molar-refractivity contribution in [3.05, 3.63) is 35.6 Å². The first kappa shape index (κ1) is 12.7. The van der Waals surface area contributed by atoms with Crippen molar-refractivity contribution in [3.8, 4) is 10.6 Å². The van der Waals surface area contributed by atoms with Gasteiger partial charge in [0.25, 0.3) is 0 Å². The maximum Gasteiger partial charge on any atom is 0.228 e. The molecule has 0 radical (unpaired) electrons. The molecule has 18 heavy (non-hydrogen) atoms. The molecule has 0 aromatic carbocycles. The number of aromatic nitrogens is 2. The Balaban J connectivity index is 2.10. The fourth-order valence-electron chi connectivity index (χ4n) is 1.48. The predicted octanol–water partition coefficient (Wildman–Crippen LogP) is 2.23. The second kappa shape index (κ2) is 5.73. The van der Waals surface area contributed by atoms with Crippen molar-refractivity contribution in [2.45, 2.75) is 13.3 Å². The van der Waals surface area contributed by atoms with Crippen LogP contribution >= 0.6 is 11.3 Å². The zero-order valence-corrected chi connectivity index (χ0v) is 11.3. The van der Waals surface area contributed by atoms with E-state index in [1.807, 2.05) is 24.4 Å². The normalized spacial score (nSPS) is 10.3. The molecule has 0 fully saturated rings. The van der Waals surface area contributed by atoms with Gasteiger partial charge in [-0.1, -0.05) is 0 Å². The van der Waals surface area contributed by atoms with E-state index in [1.54, 1.807) is 35.7 Å². The van der Waals surface area contributed by atoms with E-state index in [-0.39, 0.29) is 5.91 Å². The summed E-state index contributed by atoms with van der Waals surface area (Å²) in [7, 11) is 1.80. The Bertz CT molecular complexity index is 524. The van der Waals surface area contributed by atoms with Crippen molar-refractivity contribution in [2.75, 3.05) is 13.6 Å². The predicted molar refractivity (Wildman–Crippen MR) is 72.4 cm³/mol. The number of rotatable bonds is 4. The van der Waals surface area contributed by atoms with Crippen LogP contribution in [-0.2, 0) is 11.2 Å². The van der Waals surface area contributed by atoms with Gasteiger partial charge in [0.15, 0.2) is 0 Å². The zero-order chi connectivity index (χ0) is 13.0. The summed E-state index contributed by atoms with van der Waals surface area (Å²) in [5.41, 5.74) is 1.81. The van der Waals surface area contributed by atoms with Crippen molar-refractivity contribution in [1.82, 2.24) is 14.9 Å². The Morgan fingerprint density at radius 3 is 3.00 bits per heavy atom. The molecule has 2 heterocycles. The monoisotopic (exact) mass is 261 g/mol. The Hall–Kier alpha value is -1.75. The molecule has 2 aromatic rings. The highest BCUT2D eigenvalue weighted by atomic mass is 32.1. The van der Waals surface area contributed by atoms with Crippen LogP contribution in [0.4, 0.5) is 0 Å². The number of carbonyl (C=O) groups excluding carboxylic acids is 1. The molecule has 0 aliphatic carbocycles. The van der Waals surface area contributed by atoms with Gasteiger partial charge >= 0.3 is 0 Å². The molecule has 0 atom stereocenters. The van der Waals surface area contributed by atoms with Gasteiger partial charge in [0.1, 0.15) is 5.01 Å². The molecule has 0 spiro atoms.